The number of nitrogens with two attached hydrogens (primary N) is 1. The van der Waals surface area contributed by atoms with Crippen LogP contribution in [0.5, 0.6) is 0 Å². The number of fused-ring (bicyclic) bond motifs is 1. The van der Waals surface area contributed by atoms with Gasteiger partial charge in [-0.15, -0.1) is 11.3 Å². The van der Waals surface area contributed by atoms with E-state index in [1.807, 2.05) is 11.3 Å². The van der Waals surface area contributed by atoms with Crippen LogP contribution in [-0.2, 0) is 18.4 Å². The first kappa shape index (κ1) is 15.5. The molecule has 3 rings (SSSR count). The lowest BCUT2D eigenvalue weighted by Gasteiger charge is -2.33. The molecule has 1 aromatic rings. The number of thiazole rings is 1. The summed E-state index contributed by atoms with van der Waals surface area (Å²) in [4.78, 5) is 6.53. The van der Waals surface area contributed by atoms with Gasteiger partial charge in [0.05, 0.1) is 11.2 Å². The van der Waals surface area contributed by atoms with Crippen molar-refractivity contribution in [3.8, 4) is 0 Å². The molecule has 2 N–H and O–H groups in total. The second-order valence-corrected chi connectivity index (χ2v) is 9.35. The Morgan fingerprint density at radius 1 is 1.14 bits per heavy atom. The van der Waals surface area contributed by atoms with Gasteiger partial charge in [0.15, 0.2) is 0 Å². The first-order valence-corrected chi connectivity index (χ1v) is 9.48. The molecule has 0 bridgehead atoms. The van der Waals surface area contributed by atoms with Crippen molar-refractivity contribution in [1.82, 2.24) is 4.98 Å². The van der Waals surface area contributed by atoms with Crippen LogP contribution in [0, 0.1) is 11.3 Å². The molecule has 0 saturated heterocycles. The van der Waals surface area contributed by atoms with Crippen molar-refractivity contribution in [2.24, 2.45) is 17.1 Å². The van der Waals surface area contributed by atoms with Gasteiger partial charge in [-0.2, -0.15) is 0 Å². The lowest BCUT2D eigenvalue weighted by Crippen LogP contribution is -2.35. The summed E-state index contributed by atoms with van der Waals surface area (Å²) >= 11 is 1.93. The first-order valence-electron chi connectivity index (χ1n) is 8.66. The zero-order valence-corrected chi connectivity index (χ0v) is 14.7. The van der Waals surface area contributed by atoms with Crippen molar-refractivity contribution in [1.29, 1.82) is 0 Å². The van der Waals surface area contributed by atoms with Crippen LogP contribution in [0.2, 0.25) is 0 Å². The van der Waals surface area contributed by atoms with Crippen LogP contribution in [-0.4, -0.2) is 4.98 Å². The number of aromatic nitrogens is 1. The van der Waals surface area contributed by atoms with Crippen LogP contribution in [0.1, 0.15) is 81.3 Å². The number of aryl methyl sites for hydroxylation is 1. The molecule has 1 atom stereocenters. The van der Waals surface area contributed by atoms with Crippen molar-refractivity contribution in [2.75, 3.05) is 0 Å². The highest BCUT2D eigenvalue weighted by Crippen LogP contribution is 2.42. The van der Waals surface area contributed by atoms with E-state index in [9.17, 15) is 0 Å². The van der Waals surface area contributed by atoms with Gasteiger partial charge in [0.25, 0.3) is 0 Å². The fraction of sp³-hybridized carbons (Fsp3) is 0.833. The Morgan fingerprint density at radius 2 is 1.81 bits per heavy atom. The SMILES string of the molecule is CC(C)(C)C1CCc2nc(C3(N)CCCCCC3)sc2C1. The monoisotopic (exact) mass is 306 g/mol. The van der Waals surface area contributed by atoms with Gasteiger partial charge in [-0.05, 0) is 43.4 Å². The molecule has 1 heterocycles. The van der Waals surface area contributed by atoms with Gasteiger partial charge in [0, 0.05) is 4.88 Å². The third-order valence-electron chi connectivity index (χ3n) is 5.59. The highest BCUT2D eigenvalue weighted by molar-refractivity contribution is 7.11. The predicted molar refractivity (Wildman–Crippen MR) is 90.7 cm³/mol. The standard InChI is InChI=1S/C18H30N2S/c1-17(2,3)13-8-9-14-15(12-13)21-16(20-14)18(19)10-6-4-5-7-11-18/h13H,4-12,19H2,1-3H3. The van der Waals surface area contributed by atoms with Gasteiger partial charge in [0.2, 0.25) is 0 Å². The van der Waals surface area contributed by atoms with E-state index in [4.69, 9.17) is 10.7 Å². The molecule has 2 aliphatic carbocycles. The molecule has 2 nitrogen and oxygen atoms in total. The van der Waals surface area contributed by atoms with Gasteiger partial charge in [-0.1, -0.05) is 46.5 Å². The maximum absolute atomic E-state index is 6.76. The predicted octanol–water partition coefficient (Wildman–Crippen LogP) is 4.80. The molecule has 0 radical (unpaired) electrons. The molecule has 1 aromatic heterocycles. The number of hydrogen-bond donors (Lipinski definition) is 1. The van der Waals surface area contributed by atoms with E-state index in [1.54, 1.807) is 0 Å². The Labute approximate surface area is 133 Å². The minimum absolute atomic E-state index is 0.129. The molecule has 1 fully saturated rings. The molecular formula is C18H30N2S. The summed E-state index contributed by atoms with van der Waals surface area (Å²) in [6.45, 7) is 7.13. The van der Waals surface area contributed by atoms with Crippen LogP contribution >= 0.6 is 11.3 Å². The summed E-state index contributed by atoms with van der Waals surface area (Å²) in [6, 6.07) is 0. The van der Waals surface area contributed by atoms with Crippen molar-refractivity contribution >= 4 is 11.3 Å². The summed E-state index contributed by atoms with van der Waals surface area (Å²) in [7, 11) is 0. The number of rotatable bonds is 1. The molecule has 118 valence electrons. The minimum Gasteiger partial charge on any atom is -0.319 e. The van der Waals surface area contributed by atoms with Gasteiger partial charge in [-0.25, -0.2) is 4.98 Å². The van der Waals surface area contributed by atoms with E-state index in [0.29, 0.717) is 5.41 Å². The van der Waals surface area contributed by atoms with Crippen molar-refractivity contribution in [2.45, 2.75) is 84.1 Å². The van der Waals surface area contributed by atoms with Crippen LogP contribution in [0.3, 0.4) is 0 Å². The quantitative estimate of drug-likeness (QED) is 0.757. The second-order valence-electron chi connectivity index (χ2n) is 8.26. The van der Waals surface area contributed by atoms with Crippen molar-refractivity contribution in [3.05, 3.63) is 15.6 Å². The fourth-order valence-electron chi connectivity index (χ4n) is 3.90. The topological polar surface area (TPSA) is 38.9 Å². The van der Waals surface area contributed by atoms with Gasteiger partial charge < -0.3 is 5.73 Å². The lowest BCUT2D eigenvalue weighted by atomic mass is 9.73. The minimum atomic E-state index is -0.129. The Bertz CT molecular complexity index is 490. The highest BCUT2D eigenvalue weighted by atomic mass is 32.1. The van der Waals surface area contributed by atoms with E-state index in [-0.39, 0.29) is 5.54 Å². The zero-order valence-electron chi connectivity index (χ0n) is 13.9. The zero-order chi connectivity index (χ0) is 15.1. The average Bonchev–Trinajstić information content (AvgIpc) is 2.73. The van der Waals surface area contributed by atoms with Crippen molar-refractivity contribution in [3.63, 3.8) is 0 Å². The summed E-state index contributed by atoms with van der Waals surface area (Å²) in [5.74, 6) is 0.793. The van der Waals surface area contributed by atoms with E-state index in [2.05, 4.69) is 20.8 Å². The van der Waals surface area contributed by atoms with E-state index >= 15 is 0 Å². The Kier molecular flexibility index (Phi) is 4.17. The second kappa shape index (κ2) is 5.66. The van der Waals surface area contributed by atoms with E-state index in [1.165, 1.54) is 54.1 Å². The Morgan fingerprint density at radius 3 is 2.43 bits per heavy atom. The van der Waals surface area contributed by atoms with Crippen LogP contribution in [0.25, 0.3) is 0 Å². The molecular weight excluding hydrogens is 276 g/mol. The molecule has 21 heavy (non-hydrogen) atoms. The molecule has 2 aliphatic rings. The third-order valence-corrected chi connectivity index (χ3v) is 6.93. The highest BCUT2D eigenvalue weighted by Gasteiger charge is 2.35. The fourth-order valence-corrected chi connectivity index (χ4v) is 5.25. The van der Waals surface area contributed by atoms with Crippen LogP contribution in [0.15, 0.2) is 0 Å². The summed E-state index contributed by atoms with van der Waals surface area (Å²) in [5, 5.41) is 1.24. The Balaban J connectivity index is 1.83. The summed E-state index contributed by atoms with van der Waals surface area (Å²) in [6.07, 6.45) is 11.1. The molecule has 0 spiro atoms. The average molecular weight is 307 g/mol. The van der Waals surface area contributed by atoms with Crippen molar-refractivity contribution < 1.29 is 0 Å². The van der Waals surface area contributed by atoms with Gasteiger partial charge in [0.1, 0.15) is 5.01 Å². The number of nitrogens with zero attached hydrogens (tertiary/aromatic N) is 1. The van der Waals surface area contributed by atoms with Gasteiger partial charge in [-0.3, -0.25) is 0 Å². The Hall–Kier alpha value is -0.410. The molecule has 1 unspecified atom stereocenters. The summed E-state index contributed by atoms with van der Waals surface area (Å²) < 4.78 is 0. The molecule has 0 amide bonds. The van der Waals surface area contributed by atoms with Crippen LogP contribution in [0.4, 0.5) is 0 Å². The smallest absolute Gasteiger partial charge is 0.113 e. The van der Waals surface area contributed by atoms with E-state index in [0.717, 1.165) is 25.2 Å². The first-order chi connectivity index (χ1) is 9.88. The van der Waals surface area contributed by atoms with Crippen LogP contribution < -0.4 is 5.73 Å². The van der Waals surface area contributed by atoms with E-state index < -0.39 is 0 Å². The molecule has 3 heteroatoms. The number of hydrogen-bond acceptors (Lipinski definition) is 3. The maximum Gasteiger partial charge on any atom is 0.113 e. The molecule has 0 aromatic carbocycles. The lowest BCUT2D eigenvalue weighted by molar-refractivity contribution is 0.216. The third kappa shape index (κ3) is 3.19. The molecule has 0 aliphatic heterocycles. The summed E-state index contributed by atoms with van der Waals surface area (Å²) in [5.41, 5.74) is 8.40. The normalized spacial score (nSPS) is 26.2. The van der Waals surface area contributed by atoms with Gasteiger partial charge >= 0.3 is 0 Å². The molecule has 1 saturated carbocycles. The maximum atomic E-state index is 6.76. The largest absolute Gasteiger partial charge is 0.319 e.